The number of esters is 1. The minimum Gasteiger partial charge on any atom is -0.457 e. The van der Waals surface area contributed by atoms with E-state index in [0.29, 0.717) is 10.6 Å². The van der Waals surface area contributed by atoms with E-state index in [1.165, 1.54) is 0 Å². The second-order valence-electron chi connectivity index (χ2n) is 4.53. The van der Waals surface area contributed by atoms with Gasteiger partial charge < -0.3 is 10.5 Å². The van der Waals surface area contributed by atoms with Crippen LogP contribution in [-0.2, 0) is 11.3 Å². The second kappa shape index (κ2) is 6.29. The van der Waals surface area contributed by atoms with Crippen LogP contribution in [-0.4, -0.2) is 5.97 Å². The first-order valence-corrected chi connectivity index (χ1v) is 6.61. The fraction of sp³-hybridized carbons (Fsp3) is 0.125. The molecule has 106 valence electrons. The number of nitriles is 1. The molecule has 0 amide bonds. The van der Waals surface area contributed by atoms with Crippen molar-refractivity contribution in [1.29, 1.82) is 5.26 Å². The number of rotatable bonds is 3. The molecule has 0 saturated heterocycles. The maximum absolute atomic E-state index is 12.0. The molecule has 0 spiro atoms. The van der Waals surface area contributed by atoms with Gasteiger partial charge in [-0.05, 0) is 42.3 Å². The Morgan fingerprint density at radius 2 is 2.14 bits per heavy atom. The quantitative estimate of drug-likeness (QED) is 0.695. The van der Waals surface area contributed by atoms with Gasteiger partial charge in [0.25, 0.3) is 0 Å². The van der Waals surface area contributed by atoms with Crippen LogP contribution in [0.15, 0.2) is 36.4 Å². The van der Waals surface area contributed by atoms with Crippen molar-refractivity contribution in [2.45, 2.75) is 13.5 Å². The Hall–Kier alpha value is -2.51. The zero-order chi connectivity index (χ0) is 15.4. The summed E-state index contributed by atoms with van der Waals surface area (Å²) in [6, 6.07) is 12.1. The van der Waals surface area contributed by atoms with Gasteiger partial charge in [-0.3, -0.25) is 0 Å². The third-order valence-corrected chi connectivity index (χ3v) is 3.43. The Labute approximate surface area is 127 Å². The fourth-order valence-corrected chi connectivity index (χ4v) is 2.04. The lowest BCUT2D eigenvalue weighted by Gasteiger charge is -2.09. The van der Waals surface area contributed by atoms with Crippen LogP contribution in [0.25, 0.3) is 0 Å². The van der Waals surface area contributed by atoms with Gasteiger partial charge in [0.05, 0.1) is 27.9 Å². The smallest absolute Gasteiger partial charge is 0.340 e. The second-order valence-corrected chi connectivity index (χ2v) is 4.94. The number of aryl methyl sites for hydroxylation is 1. The summed E-state index contributed by atoms with van der Waals surface area (Å²) in [6.07, 6.45) is 0. The van der Waals surface area contributed by atoms with E-state index in [4.69, 9.17) is 27.3 Å². The molecule has 0 aliphatic rings. The Kier molecular flexibility index (Phi) is 4.46. The first-order valence-electron chi connectivity index (χ1n) is 6.23. The van der Waals surface area contributed by atoms with Gasteiger partial charge in [0.1, 0.15) is 6.61 Å². The predicted octanol–water partition coefficient (Wildman–Crippen LogP) is 3.46. The molecule has 0 unspecified atom stereocenters. The van der Waals surface area contributed by atoms with Gasteiger partial charge in [-0.1, -0.05) is 23.7 Å². The van der Waals surface area contributed by atoms with Crippen molar-refractivity contribution in [2.75, 3.05) is 5.73 Å². The molecule has 0 aliphatic heterocycles. The first kappa shape index (κ1) is 14.9. The van der Waals surface area contributed by atoms with Crippen molar-refractivity contribution < 1.29 is 9.53 Å². The Morgan fingerprint density at radius 3 is 2.81 bits per heavy atom. The molecule has 2 aromatic rings. The van der Waals surface area contributed by atoms with Gasteiger partial charge in [0.15, 0.2) is 0 Å². The topological polar surface area (TPSA) is 76.1 Å². The van der Waals surface area contributed by atoms with Gasteiger partial charge in [0.2, 0.25) is 0 Å². The van der Waals surface area contributed by atoms with Crippen LogP contribution in [0.1, 0.15) is 27.0 Å². The largest absolute Gasteiger partial charge is 0.457 e. The number of nitrogens with zero attached hydrogens (tertiary/aromatic N) is 1. The van der Waals surface area contributed by atoms with Crippen molar-refractivity contribution in [2.24, 2.45) is 0 Å². The molecular weight excluding hydrogens is 288 g/mol. The Morgan fingerprint density at radius 1 is 1.38 bits per heavy atom. The maximum Gasteiger partial charge on any atom is 0.340 e. The standard InChI is InChI=1S/C16H13ClN2O2/c1-10-7-11(8-18)5-6-12(10)9-21-16(20)13-3-2-4-14(17)15(13)19/h2-7H,9,19H2,1H3. The van der Waals surface area contributed by atoms with E-state index in [9.17, 15) is 4.79 Å². The summed E-state index contributed by atoms with van der Waals surface area (Å²) >= 11 is 5.87. The Balaban J connectivity index is 2.11. The van der Waals surface area contributed by atoms with Crippen molar-refractivity contribution in [3.05, 3.63) is 63.7 Å². The first-order chi connectivity index (χ1) is 10.0. The molecule has 0 radical (unpaired) electrons. The predicted molar refractivity (Wildman–Crippen MR) is 80.9 cm³/mol. The van der Waals surface area contributed by atoms with E-state index >= 15 is 0 Å². The van der Waals surface area contributed by atoms with Gasteiger partial charge in [0, 0.05) is 0 Å². The number of para-hydroxylation sites is 1. The van der Waals surface area contributed by atoms with E-state index in [-0.39, 0.29) is 17.9 Å². The van der Waals surface area contributed by atoms with E-state index in [1.54, 1.807) is 36.4 Å². The highest BCUT2D eigenvalue weighted by Crippen LogP contribution is 2.23. The molecular formula is C16H13ClN2O2. The van der Waals surface area contributed by atoms with Gasteiger partial charge in [-0.15, -0.1) is 0 Å². The van der Waals surface area contributed by atoms with Crippen LogP contribution < -0.4 is 5.73 Å². The third-order valence-electron chi connectivity index (χ3n) is 3.10. The van der Waals surface area contributed by atoms with Crippen LogP contribution >= 0.6 is 11.6 Å². The average Bonchev–Trinajstić information content (AvgIpc) is 2.48. The van der Waals surface area contributed by atoms with Crippen LogP contribution in [0.5, 0.6) is 0 Å². The molecule has 0 saturated carbocycles. The van der Waals surface area contributed by atoms with Crippen molar-refractivity contribution in [3.63, 3.8) is 0 Å². The minimum atomic E-state index is -0.529. The van der Waals surface area contributed by atoms with Crippen molar-refractivity contribution >= 4 is 23.3 Å². The van der Waals surface area contributed by atoms with Crippen LogP contribution in [0, 0.1) is 18.3 Å². The zero-order valence-corrected chi connectivity index (χ0v) is 12.1. The van der Waals surface area contributed by atoms with Crippen molar-refractivity contribution in [3.8, 4) is 6.07 Å². The number of halogens is 1. The molecule has 0 fully saturated rings. The fourth-order valence-electron chi connectivity index (χ4n) is 1.86. The summed E-state index contributed by atoms with van der Waals surface area (Å²) in [4.78, 5) is 12.0. The van der Waals surface area contributed by atoms with E-state index < -0.39 is 5.97 Å². The van der Waals surface area contributed by atoms with E-state index in [2.05, 4.69) is 6.07 Å². The highest BCUT2D eigenvalue weighted by atomic mass is 35.5. The molecule has 0 atom stereocenters. The lowest BCUT2D eigenvalue weighted by Crippen LogP contribution is -2.09. The SMILES string of the molecule is Cc1cc(C#N)ccc1COC(=O)c1cccc(Cl)c1N. The maximum atomic E-state index is 12.0. The number of nitrogens with two attached hydrogens (primary N) is 1. The van der Waals surface area contributed by atoms with Crippen LogP contribution in [0.2, 0.25) is 5.02 Å². The van der Waals surface area contributed by atoms with E-state index in [1.807, 2.05) is 6.92 Å². The molecule has 0 aromatic heterocycles. The zero-order valence-electron chi connectivity index (χ0n) is 11.4. The monoisotopic (exact) mass is 300 g/mol. The molecule has 2 rings (SSSR count). The average molecular weight is 301 g/mol. The number of ether oxygens (including phenoxy) is 1. The highest BCUT2D eigenvalue weighted by molar-refractivity contribution is 6.33. The molecule has 4 nitrogen and oxygen atoms in total. The molecule has 21 heavy (non-hydrogen) atoms. The van der Waals surface area contributed by atoms with Gasteiger partial charge in [-0.25, -0.2) is 4.79 Å². The molecule has 2 aromatic carbocycles. The summed E-state index contributed by atoms with van der Waals surface area (Å²) in [5, 5.41) is 9.13. The third kappa shape index (κ3) is 3.33. The highest BCUT2D eigenvalue weighted by Gasteiger charge is 2.13. The van der Waals surface area contributed by atoms with Crippen LogP contribution in [0.3, 0.4) is 0 Å². The van der Waals surface area contributed by atoms with Gasteiger partial charge in [-0.2, -0.15) is 5.26 Å². The van der Waals surface area contributed by atoms with Gasteiger partial charge >= 0.3 is 5.97 Å². The number of nitrogen functional groups attached to an aromatic ring is 1. The molecule has 2 N–H and O–H groups in total. The Bertz CT molecular complexity index is 736. The molecule has 0 aliphatic carbocycles. The summed E-state index contributed by atoms with van der Waals surface area (Å²) in [7, 11) is 0. The number of carbonyl (C=O) groups is 1. The van der Waals surface area contributed by atoms with Crippen LogP contribution in [0.4, 0.5) is 5.69 Å². The lowest BCUT2D eigenvalue weighted by molar-refractivity contribution is 0.0473. The lowest BCUT2D eigenvalue weighted by atomic mass is 10.1. The summed E-state index contributed by atoms with van der Waals surface area (Å²) < 4.78 is 5.24. The summed E-state index contributed by atoms with van der Waals surface area (Å²) in [6.45, 7) is 1.97. The van der Waals surface area contributed by atoms with E-state index in [0.717, 1.165) is 11.1 Å². The molecule has 0 bridgehead atoms. The van der Waals surface area contributed by atoms with Crippen molar-refractivity contribution in [1.82, 2.24) is 0 Å². The number of carbonyl (C=O) groups excluding carboxylic acids is 1. The minimum absolute atomic E-state index is 0.113. The normalized spacial score (nSPS) is 9.95. The molecule has 0 heterocycles. The summed E-state index contributed by atoms with van der Waals surface area (Å²) in [5.41, 5.74) is 8.50. The molecule has 5 heteroatoms. The number of hydrogen-bond acceptors (Lipinski definition) is 4. The number of hydrogen-bond donors (Lipinski definition) is 1. The number of anilines is 1. The number of benzene rings is 2. The summed E-state index contributed by atoms with van der Waals surface area (Å²) in [5.74, 6) is -0.529.